The van der Waals surface area contributed by atoms with Gasteiger partial charge in [-0.15, -0.1) is 0 Å². The van der Waals surface area contributed by atoms with E-state index in [9.17, 15) is 35.9 Å². The molecule has 4 N–H and O–H groups in total. The molecule has 9 nitrogen and oxygen atoms in total. The van der Waals surface area contributed by atoms with Crippen LogP contribution in [0.3, 0.4) is 0 Å². The molecule has 16 heteroatoms. The Labute approximate surface area is 306 Å². The number of carbonyl (C=O) groups excluding carboxylic acids is 2. The van der Waals surface area contributed by atoms with E-state index in [0.29, 0.717) is 11.1 Å². The zero-order valence-electron chi connectivity index (χ0n) is 28.6. The van der Waals surface area contributed by atoms with Crippen LogP contribution >= 0.6 is 0 Å². The Kier molecular flexibility index (Phi) is 13.0. The molecule has 1 saturated heterocycles. The molecule has 0 radical (unpaired) electrons. The second-order valence-corrected chi connectivity index (χ2v) is 12.5. The number of hydrogen-bond acceptors (Lipinski definition) is 7. The number of alkyl carbamates (subject to hydrolysis) is 1. The van der Waals surface area contributed by atoms with Crippen LogP contribution in [-0.2, 0) is 27.1 Å². The van der Waals surface area contributed by atoms with Crippen molar-refractivity contribution in [2.75, 3.05) is 24.6 Å². The summed E-state index contributed by atoms with van der Waals surface area (Å²) in [4.78, 5) is 31.0. The number of hydrogen-bond donors (Lipinski definition) is 3. The maximum absolute atomic E-state index is 15.5. The summed E-state index contributed by atoms with van der Waals surface area (Å²) >= 11 is 0. The molecule has 54 heavy (non-hydrogen) atoms. The summed E-state index contributed by atoms with van der Waals surface area (Å²) in [5.74, 6) is -3.31. The number of amides is 2. The van der Waals surface area contributed by atoms with Crippen LogP contribution in [0.15, 0.2) is 91.5 Å². The second kappa shape index (κ2) is 17.7. The Morgan fingerprint density at radius 1 is 0.981 bits per heavy atom. The second-order valence-electron chi connectivity index (χ2n) is 12.5. The van der Waals surface area contributed by atoms with E-state index in [4.69, 9.17) is 15.2 Å². The minimum Gasteiger partial charge on any atom is -0.414 e. The summed E-state index contributed by atoms with van der Waals surface area (Å²) in [6.07, 6.45) is -5.12. The van der Waals surface area contributed by atoms with E-state index in [2.05, 4.69) is 22.2 Å². The Morgan fingerprint density at radius 2 is 1.65 bits per heavy atom. The van der Waals surface area contributed by atoms with Crippen molar-refractivity contribution in [3.05, 3.63) is 137 Å². The van der Waals surface area contributed by atoms with Gasteiger partial charge in [-0.2, -0.15) is 13.2 Å². The van der Waals surface area contributed by atoms with Gasteiger partial charge in [-0.1, -0.05) is 36.9 Å². The number of nitrogens with zero attached hydrogens (tertiary/aromatic N) is 2. The Bertz CT molecular complexity index is 1940. The number of benzene rings is 3. The highest BCUT2D eigenvalue weighted by Crippen LogP contribution is 2.35. The Hall–Kier alpha value is -5.32. The molecule has 0 bridgehead atoms. The van der Waals surface area contributed by atoms with Gasteiger partial charge < -0.3 is 25.8 Å². The van der Waals surface area contributed by atoms with E-state index in [1.807, 2.05) is 0 Å². The molecule has 1 aliphatic rings. The van der Waals surface area contributed by atoms with Crippen LogP contribution in [0, 0.1) is 23.3 Å². The van der Waals surface area contributed by atoms with Gasteiger partial charge in [-0.05, 0) is 72.4 Å². The fourth-order valence-corrected chi connectivity index (χ4v) is 5.96. The van der Waals surface area contributed by atoms with Crippen LogP contribution in [-0.4, -0.2) is 55.0 Å². The highest BCUT2D eigenvalue weighted by Gasteiger charge is 2.35. The van der Waals surface area contributed by atoms with Crippen LogP contribution in [0.1, 0.15) is 41.1 Å². The highest BCUT2D eigenvalue weighted by molar-refractivity contribution is 6.02. The van der Waals surface area contributed by atoms with Crippen molar-refractivity contribution in [2.24, 2.45) is 5.73 Å². The lowest BCUT2D eigenvalue weighted by molar-refractivity contribution is -0.140. The van der Waals surface area contributed by atoms with E-state index in [1.54, 1.807) is 12.1 Å². The number of nitrogens with two attached hydrogens (primary N) is 1. The minimum atomic E-state index is -4.65. The first-order valence-electron chi connectivity index (χ1n) is 16.7. The number of morpholine rings is 1. The van der Waals surface area contributed by atoms with Crippen molar-refractivity contribution < 1.29 is 49.8 Å². The number of rotatable bonds is 13. The Morgan fingerprint density at radius 3 is 2.28 bits per heavy atom. The van der Waals surface area contributed by atoms with Gasteiger partial charge in [0.05, 0.1) is 61.5 Å². The zero-order valence-corrected chi connectivity index (χ0v) is 28.6. The quantitative estimate of drug-likeness (QED) is 0.0986. The third kappa shape index (κ3) is 10.6. The normalized spacial score (nSPS) is 16.4. The van der Waals surface area contributed by atoms with Gasteiger partial charge in [0, 0.05) is 12.1 Å². The molecule has 3 atom stereocenters. The molecule has 0 spiro atoms. The van der Waals surface area contributed by atoms with E-state index in [1.165, 1.54) is 30.5 Å². The first-order chi connectivity index (χ1) is 25.7. The highest BCUT2D eigenvalue weighted by atomic mass is 19.4. The number of aromatic nitrogens is 1. The summed E-state index contributed by atoms with van der Waals surface area (Å²) in [5, 5.41) is 5.23. The largest absolute Gasteiger partial charge is 0.414 e. The molecule has 4 aromatic rings. The van der Waals surface area contributed by atoms with Gasteiger partial charge in [0.15, 0.2) is 0 Å². The predicted octanol–water partition coefficient (Wildman–Crippen LogP) is 7.08. The maximum atomic E-state index is 15.5. The SMILES string of the molecule is C=C(OC(=O)NC(CC(F)(F)F)c1ccc(F)cc1)[C@@H]1CO[C@H](CCc2c(F)cncc2N(C(=O)CN)c2cc(F)ccc2Cc2ccc(F)cc2)CN1. The average Bonchev–Trinajstić information content (AvgIpc) is 3.13. The van der Waals surface area contributed by atoms with Crippen LogP contribution in [0.5, 0.6) is 0 Å². The van der Waals surface area contributed by atoms with Crippen molar-refractivity contribution >= 4 is 23.4 Å². The van der Waals surface area contributed by atoms with Crippen molar-refractivity contribution in [3.8, 4) is 0 Å². The molecule has 286 valence electrons. The summed E-state index contributed by atoms with van der Waals surface area (Å²) in [6, 6.07) is 11.4. The summed E-state index contributed by atoms with van der Waals surface area (Å²) in [5.41, 5.74) is 7.15. The molecule has 1 aliphatic heterocycles. The van der Waals surface area contributed by atoms with Crippen molar-refractivity contribution in [2.45, 2.75) is 50.0 Å². The van der Waals surface area contributed by atoms with Crippen molar-refractivity contribution in [3.63, 3.8) is 0 Å². The van der Waals surface area contributed by atoms with Gasteiger partial charge in [-0.3, -0.25) is 14.7 Å². The number of ether oxygens (including phenoxy) is 2. The van der Waals surface area contributed by atoms with Crippen molar-refractivity contribution in [1.82, 2.24) is 15.6 Å². The van der Waals surface area contributed by atoms with Gasteiger partial charge in [-0.25, -0.2) is 22.4 Å². The van der Waals surface area contributed by atoms with Gasteiger partial charge in [0.25, 0.3) is 0 Å². The monoisotopic (exact) mass is 759 g/mol. The van der Waals surface area contributed by atoms with Gasteiger partial charge in [0.2, 0.25) is 5.91 Å². The van der Waals surface area contributed by atoms with E-state index < -0.39 is 72.6 Å². The van der Waals surface area contributed by atoms with Crippen LogP contribution in [0.2, 0.25) is 0 Å². The lowest BCUT2D eigenvalue weighted by atomic mass is 10.00. The van der Waals surface area contributed by atoms with Crippen LogP contribution < -0.4 is 21.3 Å². The number of pyridine rings is 1. The third-order valence-corrected chi connectivity index (χ3v) is 8.66. The smallest absolute Gasteiger partial charge is 0.412 e. The minimum absolute atomic E-state index is 0.0175. The van der Waals surface area contributed by atoms with Gasteiger partial charge >= 0.3 is 12.3 Å². The van der Waals surface area contributed by atoms with Crippen LogP contribution in [0.25, 0.3) is 0 Å². The molecule has 2 heterocycles. The number of carbonyl (C=O) groups is 2. The number of alkyl halides is 3. The maximum Gasteiger partial charge on any atom is 0.412 e. The summed E-state index contributed by atoms with van der Waals surface area (Å²) < 4.78 is 108. The molecule has 5 rings (SSSR count). The lowest BCUT2D eigenvalue weighted by Gasteiger charge is -2.32. The fourth-order valence-electron chi connectivity index (χ4n) is 5.96. The molecule has 2 amide bonds. The van der Waals surface area contributed by atoms with E-state index >= 15 is 4.39 Å². The van der Waals surface area contributed by atoms with Crippen molar-refractivity contribution in [1.29, 1.82) is 0 Å². The number of halogens is 7. The molecular formula is C38H36F7N5O4. The van der Waals surface area contributed by atoms with Crippen LogP contribution in [0.4, 0.5) is 46.9 Å². The molecule has 1 aromatic heterocycles. The summed E-state index contributed by atoms with van der Waals surface area (Å²) in [7, 11) is 0. The number of anilines is 2. The predicted molar refractivity (Wildman–Crippen MR) is 184 cm³/mol. The number of nitrogens with one attached hydrogen (secondary N) is 2. The van der Waals surface area contributed by atoms with E-state index in [-0.39, 0.29) is 60.7 Å². The molecule has 1 unspecified atom stereocenters. The standard InChI is InChI=1S/C38H36F7N5O4/c1-22(54-37(52)49-32(16-38(43,44)45)24-4-9-27(40)10-5-24)33-21-53-29(18-48-33)12-13-30-31(42)19-47-20-35(30)50(36(51)17-46)34-15-28(41)11-6-25(34)14-23-2-7-26(39)8-3-23/h2-11,15,19-20,29,32-33,48H,1,12-14,16-18,21,46H2,(H,49,52)/t29-,32?,33+/m1/s1. The van der Waals surface area contributed by atoms with Gasteiger partial charge in [0.1, 0.15) is 29.0 Å². The molecular weight excluding hydrogens is 723 g/mol. The Balaban J connectivity index is 1.24. The summed E-state index contributed by atoms with van der Waals surface area (Å²) in [6.45, 7) is 3.29. The molecule has 1 fully saturated rings. The molecule has 0 aliphatic carbocycles. The fraction of sp³-hybridized carbons (Fsp3) is 0.289. The first-order valence-corrected chi connectivity index (χ1v) is 16.7. The molecule has 0 saturated carbocycles. The average molecular weight is 760 g/mol. The topological polar surface area (TPSA) is 119 Å². The molecule has 3 aromatic carbocycles. The third-order valence-electron chi connectivity index (χ3n) is 8.66. The lowest BCUT2D eigenvalue weighted by Crippen LogP contribution is -2.48. The zero-order chi connectivity index (χ0) is 39.0. The van der Waals surface area contributed by atoms with E-state index in [0.717, 1.165) is 41.4 Å². The first kappa shape index (κ1) is 39.9.